The summed E-state index contributed by atoms with van der Waals surface area (Å²) in [5, 5.41) is 0. The maximum absolute atomic E-state index is 11.8. The average Bonchev–Trinajstić information content (AvgIpc) is 2.34. The van der Waals surface area contributed by atoms with Crippen molar-refractivity contribution in [2.75, 3.05) is 20.3 Å². The van der Waals surface area contributed by atoms with Gasteiger partial charge in [-0.3, -0.25) is 4.79 Å². The normalized spacial score (nSPS) is 10.1. The molecule has 0 aliphatic rings. The van der Waals surface area contributed by atoms with E-state index in [1.807, 2.05) is 25.1 Å². The Morgan fingerprint density at radius 3 is 2.88 bits per heavy atom. The van der Waals surface area contributed by atoms with Crippen LogP contribution in [0.2, 0.25) is 0 Å². The maximum Gasteiger partial charge on any atom is 0.163 e. The molecule has 1 rings (SSSR count). The zero-order valence-electron chi connectivity index (χ0n) is 9.86. The summed E-state index contributed by atoms with van der Waals surface area (Å²) in [6.45, 7) is 3.30. The van der Waals surface area contributed by atoms with E-state index >= 15 is 0 Å². The number of Topliss-reactive ketones (excluding diaryl/α,β-unsaturated/α-hetero) is 1. The molecular formula is C13H18O3. The summed E-state index contributed by atoms with van der Waals surface area (Å²) in [6.07, 6.45) is 1.29. The van der Waals surface area contributed by atoms with Crippen molar-refractivity contribution in [2.24, 2.45) is 0 Å². The molecule has 3 nitrogen and oxygen atoms in total. The lowest BCUT2D eigenvalue weighted by molar-refractivity contribution is 0.0946. The van der Waals surface area contributed by atoms with Crippen molar-refractivity contribution in [3.8, 4) is 5.75 Å². The molecule has 0 amide bonds. The first-order valence-electron chi connectivity index (χ1n) is 5.53. The van der Waals surface area contributed by atoms with Gasteiger partial charge in [-0.15, -0.1) is 0 Å². The smallest absolute Gasteiger partial charge is 0.163 e. The number of hydrogen-bond acceptors (Lipinski definition) is 3. The quantitative estimate of drug-likeness (QED) is 0.525. The van der Waals surface area contributed by atoms with Gasteiger partial charge in [-0.2, -0.15) is 0 Å². The number of carbonyl (C=O) groups excluding carboxylic acids is 1. The van der Waals surface area contributed by atoms with Gasteiger partial charge in [-0.05, 0) is 25.5 Å². The van der Waals surface area contributed by atoms with Gasteiger partial charge in [-0.1, -0.05) is 12.1 Å². The Morgan fingerprint density at radius 2 is 2.19 bits per heavy atom. The fourth-order valence-electron chi connectivity index (χ4n) is 1.42. The topological polar surface area (TPSA) is 35.5 Å². The maximum atomic E-state index is 11.8. The lowest BCUT2D eigenvalue weighted by Crippen LogP contribution is -2.02. The monoisotopic (exact) mass is 222 g/mol. The van der Waals surface area contributed by atoms with Gasteiger partial charge in [0.2, 0.25) is 0 Å². The Bertz CT molecular complexity index is 334. The molecule has 0 spiro atoms. The Labute approximate surface area is 96.4 Å². The first-order valence-corrected chi connectivity index (χ1v) is 5.53. The lowest BCUT2D eigenvalue weighted by Gasteiger charge is -2.04. The summed E-state index contributed by atoms with van der Waals surface area (Å²) in [7, 11) is 1.60. The van der Waals surface area contributed by atoms with Crippen LogP contribution in [-0.2, 0) is 4.74 Å². The molecule has 0 aromatic heterocycles. The van der Waals surface area contributed by atoms with Gasteiger partial charge in [-0.25, -0.2) is 0 Å². The first kappa shape index (κ1) is 12.7. The van der Waals surface area contributed by atoms with E-state index in [2.05, 4.69) is 0 Å². The second kappa shape index (κ2) is 7.01. The Hall–Kier alpha value is -1.35. The van der Waals surface area contributed by atoms with E-state index < -0.39 is 0 Å². The largest absolute Gasteiger partial charge is 0.497 e. The minimum atomic E-state index is 0.138. The second-order valence-corrected chi connectivity index (χ2v) is 3.46. The zero-order valence-corrected chi connectivity index (χ0v) is 9.86. The van der Waals surface area contributed by atoms with E-state index in [9.17, 15) is 4.79 Å². The van der Waals surface area contributed by atoms with Crippen LogP contribution in [0.5, 0.6) is 5.75 Å². The van der Waals surface area contributed by atoms with E-state index in [0.717, 1.165) is 12.2 Å². The third-order valence-electron chi connectivity index (χ3n) is 2.29. The molecular weight excluding hydrogens is 204 g/mol. The summed E-state index contributed by atoms with van der Waals surface area (Å²) >= 11 is 0. The summed E-state index contributed by atoms with van der Waals surface area (Å²) in [4.78, 5) is 11.8. The summed E-state index contributed by atoms with van der Waals surface area (Å²) in [5.41, 5.74) is 0.704. The Kier molecular flexibility index (Phi) is 5.57. The molecule has 0 N–H and O–H groups in total. The molecule has 0 aliphatic carbocycles. The molecule has 0 radical (unpaired) electrons. The van der Waals surface area contributed by atoms with Crippen LogP contribution in [0, 0.1) is 0 Å². The highest BCUT2D eigenvalue weighted by Crippen LogP contribution is 2.14. The standard InChI is InChI=1S/C13H18O3/c1-3-16-9-5-8-13(14)11-6-4-7-12(10-11)15-2/h4,6-7,10H,3,5,8-9H2,1-2H3. The number of carbonyl (C=O) groups is 1. The van der Waals surface area contributed by atoms with Crippen LogP contribution in [0.25, 0.3) is 0 Å². The molecule has 0 heterocycles. The third-order valence-corrected chi connectivity index (χ3v) is 2.29. The fraction of sp³-hybridized carbons (Fsp3) is 0.462. The van der Waals surface area contributed by atoms with Crippen LogP contribution >= 0.6 is 0 Å². The summed E-state index contributed by atoms with van der Waals surface area (Å²) in [5.74, 6) is 0.856. The van der Waals surface area contributed by atoms with Crippen LogP contribution in [-0.4, -0.2) is 26.1 Å². The van der Waals surface area contributed by atoms with Gasteiger partial charge in [0.1, 0.15) is 5.75 Å². The molecule has 88 valence electrons. The van der Waals surface area contributed by atoms with Gasteiger partial charge < -0.3 is 9.47 Å². The van der Waals surface area contributed by atoms with Crippen LogP contribution in [0.15, 0.2) is 24.3 Å². The van der Waals surface area contributed by atoms with Crippen molar-refractivity contribution in [3.63, 3.8) is 0 Å². The third kappa shape index (κ3) is 4.03. The number of ketones is 1. The highest BCUT2D eigenvalue weighted by molar-refractivity contribution is 5.96. The van der Waals surface area contributed by atoms with Gasteiger partial charge >= 0.3 is 0 Å². The highest BCUT2D eigenvalue weighted by atomic mass is 16.5. The van der Waals surface area contributed by atoms with Crippen molar-refractivity contribution in [1.29, 1.82) is 0 Å². The molecule has 1 aromatic rings. The summed E-state index contributed by atoms with van der Waals surface area (Å²) in [6, 6.07) is 7.24. The molecule has 3 heteroatoms. The molecule has 16 heavy (non-hydrogen) atoms. The summed E-state index contributed by atoms with van der Waals surface area (Å²) < 4.78 is 10.3. The minimum Gasteiger partial charge on any atom is -0.497 e. The molecule has 0 atom stereocenters. The molecule has 0 unspecified atom stereocenters. The number of rotatable bonds is 7. The van der Waals surface area contributed by atoms with Crippen LogP contribution in [0.1, 0.15) is 30.1 Å². The van der Waals surface area contributed by atoms with Crippen LogP contribution in [0.4, 0.5) is 0 Å². The molecule has 1 aromatic carbocycles. The molecule has 0 aliphatic heterocycles. The van der Waals surface area contributed by atoms with Crippen LogP contribution in [0.3, 0.4) is 0 Å². The Balaban J connectivity index is 2.46. The fourth-order valence-corrected chi connectivity index (χ4v) is 1.42. The molecule has 0 bridgehead atoms. The molecule has 0 saturated heterocycles. The van der Waals surface area contributed by atoms with E-state index in [4.69, 9.17) is 9.47 Å². The van der Waals surface area contributed by atoms with Crippen molar-refractivity contribution in [3.05, 3.63) is 29.8 Å². The van der Waals surface area contributed by atoms with Gasteiger partial charge in [0.05, 0.1) is 7.11 Å². The van der Waals surface area contributed by atoms with Crippen molar-refractivity contribution in [2.45, 2.75) is 19.8 Å². The van der Waals surface area contributed by atoms with E-state index in [-0.39, 0.29) is 5.78 Å². The predicted molar refractivity (Wildman–Crippen MR) is 63.1 cm³/mol. The van der Waals surface area contributed by atoms with Crippen LogP contribution < -0.4 is 4.74 Å². The minimum absolute atomic E-state index is 0.138. The van der Waals surface area contributed by atoms with Crippen molar-refractivity contribution in [1.82, 2.24) is 0 Å². The van der Waals surface area contributed by atoms with Gasteiger partial charge in [0.25, 0.3) is 0 Å². The number of benzene rings is 1. The zero-order chi connectivity index (χ0) is 11.8. The van der Waals surface area contributed by atoms with Gasteiger partial charge in [0.15, 0.2) is 5.78 Å². The van der Waals surface area contributed by atoms with E-state index in [0.29, 0.717) is 25.2 Å². The van der Waals surface area contributed by atoms with E-state index in [1.165, 1.54) is 0 Å². The van der Waals surface area contributed by atoms with Gasteiger partial charge in [0, 0.05) is 25.2 Å². The lowest BCUT2D eigenvalue weighted by atomic mass is 10.1. The number of hydrogen-bond donors (Lipinski definition) is 0. The average molecular weight is 222 g/mol. The predicted octanol–water partition coefficient (Wildman–Crippen LogP) is 2.69. The molecule has 0 fully saturated rings. The SMILES string of the molecule is CCOCCCC(=O)c1cccc(OC)c1. The Morgan fingerprint density at radius 1 is 1.38 bits per heavy atom. The van der Waals surface area contributed by atoms with Crippen molar-refractivity contribution >= 4 is 5.78 Å². The number of methoxy groups -OCH3 is 1. The first-order chi connectivity index (χ1) is 7.77. The number of ether oxygens (including phenoxy) is 2. The van der Waals surface area contributed by atoms with E-state index in [1.54, 1.807) is 13.2 Å². The second-order valence-electron chi connectivity index (χ2n) is 3.46. The highest BCUT2D eigenvalue weighted by Gasteiger charge is 2.06. The van der Waals surface area contributed by atoms with Crippen molar-refractivity contribution < 1.29 is 14.3 Å². The molecule has 0 saturated carbocycles.